The third kappa shape index (κ3) is 3.46. The van der Waals surface area contributed by atoms with E-state index in [1.165, 1.54) is 0 Å². The number of hydrogen-bond acceptors (Lipinski definition) is 2. The van der Waals surface area contributed by atoms with Crippen molar-refractivity contribution in [1.29, 1.82) is 0 Å². The molecule has 0 saturated carbocycles. The van der Waals surface area contributed by atoms with Crippen LogP contribution < -0.4 is 5.32 Å². The Kier molecular flexibility index (Phi) is 4.24. The largest absolute Gasteiger partial charge is 0.460 e. The number of benzene rings is 1. The van der Waals surface area contributed by atoms with Gasteiger partial charge in [0.1, 0.15) is 0 Å². The summed E-state index contributed by atoms with van der Waals surface area (Å²) in [4.78, 5) is 0.644. The lowest BCUT2D eigenvalue weighted by atomic mass is 10.2. The smallest absolute Gasteiger partial charge is 0.311 e. The molecule has 5 heteroatoms. The van der Waals surface area contributed by atoms with Crippen LogP contribution >= 0.6 is 0 Å². The summed E-state index contributed by atoms with van der Waals surface area (Å²) in [5.41, 5.74) is 1.09. The van der Waals surface area contributed by atoms with Crippen molar-refractivity contribution >= 4 is 0 Å². The first-order valence-electron chi connectivity index (χ1n) is 6.15. The minimum absolute atomic E-state index is 0.126. The third-order valence-corrected chi connectivity index (χ3v) is 3.25. The predicted molar refractivity (Wildman–Crippen MR) is 63.9 cm³/mol. The molecule has 0 bridgehead atoms. The lowest BCUT2D eigenvalue weighted by Crippen LogP contribution is -2.45. The van der Waals surface area contributed by atoms with Gasteiger partial charge in [-0.15, -0.1) is 0 Å². The first-order valence-corrected chi connectivity index (χ1v) is 6.15. The van der Waals surface area contributed by atoms with Crippen LogP contribution in [0.5, 0.6) is 0 Å². The molecule has 100 valence electrons. The van der Waals surface area contributed by atoms with Gasteiger partial charge in [-0.1, -0.05) is 30.3 Å². The first kappa shape index (κ1) is 13.4. The summed E-state index contributed by atoms with van der Waals surface area (Å²) in [5, 5.41) is 3.10. The maximum atomic E-state index is 12.7. The monoisotopic (exact) mass is 258 g/mol. The Morgan fingerprint density at radius 3 is 2.61 bits per heavy atom. The summed E-state index contributed by atoms with van der Waals surface area (Å²) in [7, 11) is 0. The van der Waals surface area contributed by atoms with Crippen molar-refractivity contribution in [3.8, 4) is 0 Å². The quantitative estimate of drug-likeness (QED) is 0.835. The molecule has 1 aromatic rings. The molecule has 1 heterocycles. The molecule has 0 amide bonds. The first-order chi connectivity index (χ1) is 8.57. The van der Waals surface area contributed by atoms with E-state index in [2.05, 4.69) is 5.32 Å². The molecular formula is C13H17F3N2. The van der Waals surface area contributed by atoms with Gasteiger partial charge in [-0.3, -0.25) is 0 Å². The number of nitrogens with one attached hydrogen (secondary N) is 1. The van der Waals surface area contributed by atoms with Crippen molar-refractivity contribution in [2.24, 2.45) is 0 Å². The molecule has 1 aromatic carbocycles. The van der Waals surface area contributed by atoms with Crippen LogP contribution in [0.1, 0.15) is 18.4 Å². The fourth-order valence-electron chi connectivity index (χ4n) is 2.36. The van der Waals surface area contributed by atoms with E-state index in [4.69, 9.17) is 0 Å². The average molecular weight is 258 g/mol. The SMILES string of the molecule is FC(F)(F)N1CCC[C@@H]1CNCc1ccccc1. The van der Waals surface area contributed by atoms with E-state index in [1.807, 2.05) is 30.3 Å². The maximum Gasteiger partial charge on any atom is 0.460 e. The molecule has 18 heavy (non-hydrogen) atoms. The van der Waals surface area contributed by atoms with Crippen molar-refractivity contribution in [1.82, 2.24) is 10.2 Å². The highest BCUT2D eigenvalue weighted by Gasteiger charge is 2.43. The number of hydrogen-bond donors (Lipinski definition) is 1. The highest BCUT2D eigenvalue weighted by molar-refractivity contribution is 5.14. The molecular weight excluding hydrogens is 241 g/mol. The molecule has 0 unspecified atom stereocenters. The van der Waals surface area contributed by atoms with Crippen molar-refractivity contribution in [3.63, 3.8) is 0 Å². The second-order valence-electron chi connectivity index (χ2n) is 4.57. The zero-order chi connectivity index (χ0) is 13.0. The van der Waals surface area contributed by atoms with Crippen molar-refractivity contribution in [2.75, 3.05) is 13.1 Å². The van der Waals surface area contributed by atoms with Crippen molar-refractivity contribution < 1.29 is 13.2 Å². The Bertz CT molecular complexity index is 364. The molecule has 1 N–H and O–H groups in total. The van der Waals surface area contributed by atoms with Gasteiger partial charge in [0.25, 0.3) is 0 Å². The molecule has 1 atom stereocenters. The molecule has 1 saturated heterocycles. The van der Waals surface area contributed by atoms with Crippen LogP contribution in [0, 0.1) is 0 Å². The number of nitrogens with zero attached hydrogens (tertiary/aromatic N) is 1. The molecule has 2 nitrogen and oxygen atoms in total. The van der Waals surface area contributed by atoms with E-state index in [9.17, 15) is 13.2 Å². The van der Waals surface area contributed by atoms with E-state index >= 15 is 0 Å². The Labute approximate surface area is 105 Å². The molecule has 2 rings (SSSR count). The third-order valence-electron chi connectivity index (χ3n) is 3.25. The number of alkyl halides is 3. The van der Waals surface area contributed by atoms with Gasteiger partial charge in [0.05, 0.1) is 0 Å². The molecule has 1 fully saturated rings. The zero-order valence-corrected chi connectivity index (χ0v) is 10.1. The lowest BCUT2D eigenvalue weighted by molar-refractivity contribution is -0.249. The fourth-order valence-corrected chi connectivity index (χ4v) is 2.36. The summed E-state index contributed by atoms with van der Waals surface area (Å²) in [6, 6.07) is 9.27. The molecule has 0 radical (unpaired) electrons. The van der Waals surface area contributed by atoms with Crippen molar-refractivity contribution in [3.05, 3.63) is 35.9 Å². The number of halogens is 3. The number of rotatable bonds is 4. The van der Waals surface area contributed by atoms with E-state index in [0.717, 1.165) is 5.56 Å². The van der Waals surface area contributed by atoms with Gasteiger partial charge in [0.2, 0.25) is 0 Å². The number of likely N-dealkylation sites (tertiary alicyclic amines) is 1. The lowest BCUT2D eigenvalue weighted by Gasteiger charge is -2.26. The normalized spacial score (nSPS) is 21.4. The van der Waals surface area contributed by atoms with E-state index in [0.29, 0.717) is 30.8 Å². The van der Waals surface area contributed by atoms with Crippen molar-refractivity contribution in [2.45, 2.75) is 31.7 Å². The minimum atomic E-state index is -4.20. The van der Waals surface area contributed by atoms with Crippen LogP contribution in [-0.4, -0.2) is 30.3 Å². The van der Waals surface area contributed by atoms with Gasteiger partial charge < -0.3 is 5.32 Å². The highest BCUT2D eigenvalue weighted by Crippen LogP contribution is 2.30. The summed E-state index contributed by atoms with van der Waals surface area (Å²) in [5.74, 6) is 0. The molecule has 1 aliphatic rings. The van der Waals surface area contributed by atoms with Gasteiger partial charge >= 0.3 is 6.30 Å². The van der Waals surface area contributed by atoms with Gasteiger partial charge in [-0.2, -0.15) is 13.2 Å². The summed E-state index contributed by atoms with van der Waals surface area (Å²) >= 11 is 0. The van der Waals surface area contributed by atoms with Gasteiger partial charge in [0, 0.05) is 25.7 Å². The van der Waals surface area contributed by atoms with E-state index in [1.54, 1.807) is 0 Å². The predicted octanol–water partition coefficient (Wildman–Crippen LogP) is 2.76. The molecule has 0 aromatic heterocycles. The molecule has 1 aliphatic heterocycles. The maximum absolute atomic E-state index is 12.7. The molecule has 0 aliphatic carbocycles. The second kappa shape index (κ2) is 5.71. The van der Waals surface area contributed by atoms with Gasteiger partial charge in [-0.05, 0) is 18.4 Å². The molecule has 0 spiro atoms. The summed E-state index contributed by atoms with van der Waals surface area (Å²) in [6.45, 7) is 1.12. The van der Waals surface area contributed by atoms with Crippen LogP contribution in [0.3, 0.4) is 0 Å². The standard InChI is InChI=1S/C13H17F3N2/c14-13(15,16)18-8-4-7-12(18)10-17-9-11-5-2-1-3-6-11/h1-3,5-6,12,17H,4,7-10H2/t12-/m1/s1. The average Bonchev–Trinajstić information content (AvgIpc) is 2.78. The minimum Gasteiger partial charge on any atom is -0.311 e. The van der Waals surface area contributed by atoms with Gasteiger partial charge in [-0.25, -0.2) is 4.90 Å². The van der Waals surface area contributed by atoms with E-state index in [-0.39, 0.29) is 6.54 Å². The second-order valence-corrected chi connectivity index (χ2v) is 4.57. The summed E-state index contributed by atoms with van der Waals surface area (Å²) < 4.78 is 38.0. The Morgan fingerprint density at radius 1 is 1.22 bits per heavy atom. The van der Waals surface area contributed by atoms with Gasteiger partial charge in [0.15, 0.2) is 0 Å². The summed E-state index contributed by atoms with van der Waals surface area (Å²) in [6.07, 6.45) is -2.96. The van der Waals surface area contributed by atoms with Crippen LogP contribution in [0.2, 0.25) is 0 Å². The van der Waals surface area contributed by atoms with Crippen LogP contribution in [0.4, 0.5) is 13.2 Å². The van der Waals surface area contributed by atoms with Crippen LogP contribution in [0.25, 0.3) is 0 Å². The zero-order valence-electron chi connectivity index (χ0n) is 10.1. The highest BCUT2D eigenvalue weighted by atomic mass is 19.4. The van der Waals surface area contributed by atoms with E-state index < -0.39 is 12.3 Å². The Morgan fingerprint density at radius 2 is 1.94 bits per heavy atom. The van der Waals surface area contributed by atoms with Crippen LogP contribution in [-0.2, 0) is 6.54 Å². The Balaban J connectivity index is 1.80. The Hall–Kier alpha value is -1.07. The topological polar surface area (TPSA) is 15.3 Å². The van der Waals surface area contributed by atoms with Crippen LogP contribution in [0.15, 0.2) is 30.3 Å². The fraction of sp³-hybridized carbons (Fsp3) is 0.538.